The smallest absolute Gasteiger partial charge is 0.308 e. The minimum Gasteiger partial charge on any atom is -0.493 e. The zero-order chi connectivity index (χ0) is 21.0. The number of esters is 1. The first kappa shape index (κ1) is 20.2. The largest absolute Gasteiger partial charge is 0.493 e. The molecule has 29 heavy (non-hydrogen) atoms. The van der Waals surface area contributed by atoms with Crippen LogP contribution in [0.25, 0.3) is 0 Å². The van der Waals surface area contributed by atoms with Crippen LogP contribution in [-0.4, -0.2) is 36.5 Å². The second-order valence-electron chi connectivity index (χ2n) is 6.39. The fraction of sp³-hybridized carbons (Fsp3) is 0.286. The average molecular weight is 398 g/mol. The van der Waals surface area contributed by atoms with Crippen LogP contribution in [0.5, 0.6) is 17.2 Å². The molecule has 0 aromatic heterocycles. The van der Waals surface area contributed by atoms with Crippen molar-refractivity contribution in [1.82, 2.24) is 5.01 Å². The van der Waals surface area contributed by atoms with E-state index in [1.54, 1.807) is 18.2 Å². The number of carbonyl (C=O) groups excluding carboxylic acids is 2. The van der Waals surface area contributed by atoms with Gasteiger partial charge < -0.3 is 18.9 Å². The van der Waals surface area contributed by atoms with Crippen molar-refractivity contribution in [3.05, 3.63) is 53.6 Å². The van der Waals surface area contributed by atoms with Crippen molar-refractivity contribution in [2.75, 3.05) is 13.7 Å². The van der Waals surface area contributed by atoms with Crippen molar-refractivity contribution in [3.63, 3.8) is 0 Å². The van der Waals surface area contributed by atoms with Crippen LogP contribution in [-0.2, 0) is 14.3 Å². The summed E-state index contributed by atoms with van der Waals surface area (Å²) in [6, 6.07) is 12.5. The molecule has 0 fully saturated rings. The van der Waals surface area contributed by atoms with Crippen LogP contribution in [0.4, 0.5) is 0 Å². The zero-order valence-electron chi connectivity index (χ0n) is 16.7. The molecule has 1 atom stereocenters. The van der Waals surface area contributed by atoms with Gasteiger partial charge in [-0.2, -0.15) is 5.01 Å². The molecule has 0 radical (unpaired) electrons. The lowest BCUT2D eigenvalue weighted by Gasteiger charge is -2.20. The summed E-state index contributed by atoms with van der Waals surface area (Å²) >= 11 is 0. The van der Waals surface area contributed by atoms with Crippen LogP contribution in [0.2, 0.25) is 0 Å². The average Bonchev–Trinajstić information content (AvgIpc) is 3.11. The second-order valence-corrected chi connectivity index (χ2v) is 6.39. The van der Waals surface area contributed by atoms with Crippen LogP contribution >= 0.6 is 0 Å². The first-order valence-corrected chi connectivity index (χ1v) is 8.97. The Balaban J connectivity index is 1.80. The number of para-hydroxylation sites is 1. The lowest BCUT2D eigenvalue weighted by molar-refractivity contribution is -0.135. The molecular formula is C21H22N2O6. The number of nitrogens with zero attached hydrogens (tertiary/aromatic N) is 2. The Bertz CT molecular complexity index is 956. The molecule has 1 heterocycles. The molecule has 1 amide bonds. The molecule has 8 heteroatoms. The minimum absolute atomic E-state index is 0.0676. The number of hydrogen-bond acceptors (Lipinski definition) is 7. The van der Waals surface area contributed by atoms with E-state index in [-0.39, 0.29) is 24.2 Å². The topological polar surface area (TPSA) is 86.7 Å². The van der Waals surface area contributed by atoms with Crippen molar-refractivity contribution in [2.24, 2.45) is 5.10 Å². The third-order valence-electron chi connectivity index (χ3n) is 4.18. The van der Waals surface area contributed by atoms with Gasteiger partial charge in [-0.15, -0.1) is 5.10 Å². The maximum Gasteiger partial charge on any atom is 0.308 e. The number of amides is 1. The van der Waals surface area contributed by atoms with Crippen molar-refractivity contribution in [2.45, 2.75) is 27.0 Å². The number of aryl methyl sites for hydroxylation is 1. The van der Waals surface area contributed by atoms with Gasteiger partial charge in [0.25, 0.3) is 0 Å². The first-order valence-electron chi connectivity index (χ1n) is 8.97. The van der Waals surface area contributed by atoms with Crippen molar-refractivity contribution in [3.8, 4) is 17.2 Å². The SMILES string of the molecule is COc1ccc(C2OC(COc3ccccc3C)=NN2C(C)=O)cc1OC(C)=O. The van der Waals surface area contributed by atoms with Crippen LogP contribution in [0.15, 0.2) is 47.6 Å². The Morgan fingerprint density at radius 2 is 1.86 bits per heavy atom. The van der Waals surface area contributed by atoms with Gasteiger partial charge in [0.2, 0.25) is 18.0 Å². The lowest BCUT2D eigenvalue weighted by atomic mass is 10.1. The number of hydrogen-bond donors (Lipinski definition) is 0. The minimum atomic E-state index is -0.803. The Hall–Kier alpha value is -3.55. The molecule has 0 N–H and O–H groups in total. The van der Waals surface area contributed by atoms with Gasteiger partial charge in [-0.25, -0.2) is 0 Å². The number of ether oxygens (including phenoxy) is 4. The number of carbonyl (C=O) groups is 2. The van der Waals surface area contributed by atoms with E-state index >= 15 is 0 Å². The fourth-order valence-electron chi connectivity index (χ4n) is 2.82. The molecule has 1 unspecified atom stereocenters. The molecule has 3 rings (SSSR count). The van der Waals surface area contributed by atoms with Crippen molar-refractivity contribution >= 4 is 17.8 Å². The number of hydrazone groups is 1. The maximum absolute atomic E-state index is 12.1. The van der Waals surface area contributed by atoms with Gasteiger partial charge in [0.15, 0.2) is 18.1 Å². The molecule has 2 aromatic carbocycles. The standard InChI is InChI=1S/C21H22N2O6/c1-13-7-5-6-8-17(13)27-12-20-22-23(14(2)24)21(29-20)16-9-10-18(26-4)19(11-16)28-15(3)25/h5-11,21H,12H2,1-4H3. The van der Waals surface area contributed by atoms with E-state index < -0.39 is 12.2 Å². The van der Waals surface area contributed by atoms with E-state index in [1.807, 2.05) is 31.2 Å². The molecule has 0 bridgehead atoms. The Kier molecular flexibility index (Phi) is 6.01. The Morgan fingerprint density at radius 3 is 2.52 bits per heavy atom. The Morgan fingerprint density at radius 1 is 1.10 bits per heavy atom. The maximum atomic E-state index is 12.1. The summed E-state index contributed by atoms with van der Waals surface area (Å²) in [5.41, 5.74) is 1.55. The number of methoxy groups -OCH3 is 1. The second kappa shape index (κ2) is 8.64. The van der Waals surface area contributed by atoms with Crippen LogP contribution in [0.3, 0.4) is 0 Å². The van der Waals surface area contributed by atoms with E-state index in [1.165, 1.54) is 26.0 Å². The first-order chi connectivity index (χ1) is 13.9. The highest BCUT2D eigenvalue weighted by atomic mass is 16.6. The van der Waals surface area contributed by atoms with Gasteiger partial charge in [-0.1, -0.05) is 18.2 Å². The summed E-state index contributed by atoms with van der Waals surface area (Å²) in [5, 5.41) is 5.46. The quantitative estimate of drug-likeness (QED) is 0.549. The summed E-state index contributed by atoms with van der Waals surface area (Å²) in [6.07, 6.45) is -0.803. The zero-order valence-corrected chi connectivity index (χ0v) is 16.7. The predicted octanol–water partition coefficient (Wildman–Crippen LogP) is 3.20. The summed E-state index contributed by atoms with van der Waals surface area (Å²) < 4.78 is 22.0. The van der Waals surface area contributed by atoms with Gasteiger partial charge in [0.1, 0.15) is 5.75 Å². The van der Waals surface area contributed by atoms with Gasteiger partial charge in [0, 0.05) is 19.4 Å². The van der Waals surface area contributed by atoms with Gasteiger partial charge >= 0.3 is 5.97 Å². The summed E-state index contributed by atoms with van der Waals surface area (Å²) in [7, 11) is 1.47. The fourth-order valence-corrected chi connectivity index (χ4v) is 2.82. The van der Waals surface area contributed by atoms with E-state index in [2.05, 4.69) is 5.10 Å². The molecule has 0 saturated carbocycles. The summed E-state index contributed by atoms with van der Waals surface area (Å²) in [6.45, 7) is 4.69. The van der Waals surface area contributed by atoms with Crippen LogP contribution < -0.4 is 14.2 Å². The van der Waals surface area contributed by atoms with E-state index in [0.717, 1.165) is 5.56 Å². The lowest BCUT2D eigenvalue weighted by Crippen LogP contribution is -2.25. The summed E-state index contributed by atoms with van der Waals surface area (Å²) in [5.74, 6) is 0.802. The molecule has 8 nitrogen and oxygen atoms in total. The van der Waals surface area contributed by atoms with E-state index in [9.17, 15) is 9.59 Å². The highest BCUT2D eigenvalue weighted by Crippen LogP contribution is 2.35. The molecule has 0 spiro atoms. The molecule has 1 aliphatic rings. The third-order valence-corrected chi connectivity index (χ3v) is 4.18. The van der Waals surface area contributed by atoms with E-state index in [4.69, 9.17) is 18.9 Å². The molecule has 0 saturated heterocycles. The third kappa shape index (κ3) is 4.66. The normalized spacial score (nSPS) is 15.4. The summed E-state index contributed by atoms with van der Waals surface area (Å²) in [4.78, 5) is 23.5. The van der Waals surface area contributed by atoms with E-state index in [0.29, 0.717) is 17.1 Å². The molecule has 2 aromatic rings. The molecule has 0 aliphatic carbocycles. The van der Waals surface area contributed by atoms with Gasteiger partial charge in [0.05, 0.1) is 7.11 Å². The predicted molar refractivity (Wildman–Crippen MR) is 105 cm³/mol. The Labute approximate surface area is 168 Å². The monoisotopic (exact) mass is 398 g/mol. The van der Waals surface area contributed by atoms with Gasteiger partial charge in [-0.3, -0.25) is 9.59 Å². The number of benzene rings is 2. The van der Waals surface area contributed by atoms with Crippen molar-refractivity contribution < 1.29 is 28.5 Å². The molecular weight excluding hydrogens is 376 g/mol. The van der Waals surface area contributed by atoms with Crippen LogP contribution in [0, 0.1) is 6.92 Å². The highest BCUT2D eigenvalue weighted by Gasteiger charge is 2.33. The van der Waals surface area contributed by atoms with Gasteiger partial charge in [-0.05, 0) is 36.8 Å². The molecule has 1 aliphatic heterocycles. The highest BCUT2D eigenvalue weighted by molar-refractivity contribution is 5.83. The molecule has 152 valence electrons. The van der Waals surface area contributed by atoms with Crippen molar-refractivity contribution in [1.29, 1.82) is 0 Å². The number of rotatable bonds is 6. The van der Waals surface area contributed by atoms with Crippen LogP contribution in [0.1, 0.15) is 31.2 Å².